The van der Waals surface area contributed by atoms with Crippen LogP contribution in [-0.4, -0.2) is 23.2 Å². The highest BCUT2D eigenvalue weighted by Crippen LogP contribution is 2.25. The molecule has 0 atom stereocenters. The lowest BCUT2D eigenvalue weighted by molar-refractivity contribution is 0.102. The summed E-state index contributed by atoms with van der Waals surface area (Å²) in [6.07, 6.45) is 1.53. The molecule has 2 aromatic carbocycles. The highest BCUT2D eigenvalue weighted by Gasteiger charge is 2.16. The zero-order chi connectivity index (χ0) is 17.1. The standard InChI is InChI=1S/C18H16BrN3O2/c1-11-9-13(19)5-8-16(11)21-18(23)15-10-20-22-17(15)12-3-6-14(24-2)7-4-12/h3-10H,1-2H3,(H,20,22)(H,21,23). The number of aromatic amines is 1. The van der Waals surface area contributed by atoms with Gasteiger partial charge in [0.25, 0.3) is 5.91 Å². The van der Waals surface area contributed by atoms with E-state index in [-0.39, 0.29) is 5.91 Å². The van der Waals surface area contributed by atoms with Gasteiger partial charge in [0.2, 0.25) is 0 Å². The van der Waals surface area contributed by atoms with Crippen molar-refractivity contribution in [2.24, 2.45) is 0 Å². The van der Waals surface area contributed by atoms with E-state index in [1.807, 2.05) is 49.4 Å². The summed E-state index contributed by atoms with van der Waals surface area (Å²) in [5.74, 6) is 0.551. The lowest BCUT2D eigenvalue weighted by Crippen LogP contribution is -2.13. The summed E-state index contributed by atoms with van der Waals surface area (Å²) in [5.41, 5.74) is 3.77. The molecule has 3 rings (SSSR count). The second kappa shape index (κ2) is 6.88. The number of hydrogen-bond donors (Lipinski definition) is 2. The number of methoxy groups -OCH3 is 1. The highest BCUT2D eigenvalue weighted by atomic mass is 79.9. The molecule has 6 heteroatoms. The number of amides is 1. The molecule has 0 aliphatic rings. The van der Waals surface area contributed by atoms with Crippen molar-refractivity contribution in [2.45, 2.75) is 6.92 Å². The first kappa shape index (κ1) is 16.3. The molecule has 0 saturated carbocycles. The molecule has 0 aliphatic heterocycles. The highest BCUT2D eigenvalue weighted by molar-refractivity contribution is 9.10. The number of rotatable bonds is 4. The SMILES string of the molecule is COc1ccc(-c2[nH]ncc2C(=O)Nc2ccc(Br)cc2C)cc1. The van der Waals surface area contributed by atoms with Crippen LogP contribution in [0, 0.1) is 6.92 Å². The van der Waals surface area contributed by atoms with Gasteiger partial charge in [0.15, 0.2) is 0 Å². The number of hydrogen-bond acceptors (Lipinski definition) is 3. The summed E-state index contributed by atoms with van der Waals surface area (Å²) in [6.45, 7) is 1.94. The van der Waals surface area contributed by atoms with Crippen molar-refractivity contribution in [2.75, 3.05) is 12.4 Å². The molecule has 122 valence electrons. The van der Waals surface area contributed by atoms with Crippen LogP contribution in [-0.2, 0) is 0 Å². The van der Waals surface area contributed by atoms with E-state index in [1.54, 1.807) is 7.11 Å². The molecule has 1 amide bonds. The summed E-state index contributed by atoms with van der Waals surface area (Å²) in [6, 6.07) is 13.2. The molecule has 0 saturated heterocycles. The average molecular weight is 386 g/mol. The number of ether oxygens (including phenoxy) is 1. The third kappa shape index (κ3) is 3.33. The molecule has 0 radical (unpaired) electrons. The number of H-pyrrole nitrogens is 1. The number of carbonyl (C=O) groups excluding carboxylic acids is 1. The van der Waals surface area contributed by atoms with Crippen LogP contribution in [0.15, 0.2) is 53.1 Å². The molecule has 24 heavy (non-hydrogen) atoms. The van der Waals surface area contributed by atoms with Gasteiger partial charge in [-0.05, 0) is 55.0 Å². The molecular weight excluding hydrogens is 370 g/mol. The van der Waals surface area contributed by atoms with Crippen molar-refractivity contribution in [1.29, 1.82) is 0 Å². The zero-order valence-electron chi connectivity index (χ0n) is 13.3. The minimum atomic E-state index is -0.208. The maximum absolute atomic E-state index is 12.6. The van der Waals surface area contributed by atoms with E-state index in [0.29, 0.717) is 11.3 Å². The molecule has 1 heterocycles. The van der Waals surface area contributed by atoms with E-state index >= 15 is 0 Å². The van der Waals surface area contributed by atoms with Crippen LogP contribution < -0.4 is 10.1 Å². The van der Waals surface area contributed by atoms with E-state index in [1.165, 1.54) is 6.20 Å². The van der Waals surface area contributed by atoms with Crippen LogP contribution in [0.2, 0.25) is 0 Å². The van der Waals surface area contributed by atoms with Crippen molar-refractivity contribution in [3.63, 3.8) is 0 Å². The number of halogens is 1. The van der Waals surface area contributed by atoms with Crippen LogP contribution in [0.25, 0.3) is 11.3 Å². The van der Waals surface area contributed by atoms with Crippen LogP contribution in [0.5, 0.6) is 5.75 Å². The lowest BCUT2D eigenvalue weighted by atomic mass is 10.1. The number of nitrogens with one attached hydrogen (secondary N) is 2. The Bertz CT molecular complexity index is 872. The predicted molar refractivity (Wildman–Crippen MR) is 97.4 cm³/mol. The van der Waals surface area contributed by atoms with Crippen molar-refractivity contribution in [3.05, 3.63) is 64.3 Å². The normalized spacial score (nSPS) is 10.5. The smallest absolute Gasteiger partial charge is 0.259 e. The van der Waals surface area contributed by atoms with Crippen molar-refractivity contribution in [3.8, 4) is 17.0 Å². The van der Waals surface area contributed by atoms with Crippen molar-refractivity contribution >= 4 is 27.5 Å². The first-order chi connectivity index (χ1) is 11.6. The van der Waals surface area contributed by atoms with Gasteiger partial charge in [0.1, 0.15) is 5.75 Å². The molecule has 0 bridgehead atoms. The Labute approximate surface area is 148 Å². The van der Waals surface area contributed by atoms with Gasteiger partial charge in [-0.3, -0.25) is 9.89 Å². The fourth-order valence-corrected chi connectivity index (χ4v) is 2.87. The fourth-order valence-electron chi connectivity index (χ4n) is 2.39. The van der Waals surface area contributed by atoms with Crippen molar-refractivity contribution < 1.29 is 9.53 Å². The second-order valence-corrected chi connectivity index (χ2v) is 6.22. The maximum Gasteiger partial charge on any atom is 0.259 e. The van der Waals surface area contributed by atoms with E-state index in [2.05, 4.69) is 31.4 Å². The largest absolute Gasteiger partial charge is 0.497 e. The Balaban J connectivity index is 1.87. The predicted octanol–water partition coefficient (Wildman–Crippen LogP) is 4.41. The number of anilines is 1. The summed E-state index contributed by atoms with van der Waals surface area (Å²) < 4.78 is 6.13. The average Bonchev–Trinajstić information content (AvgIpc) is 3.07. The number of aryl methyl sites for hydroxylation is 1. The third-order valence-electron chi connectivity index (χ3n) is 3.70. The lowest BCUT2D eigenvalue weighted by Gasteiger charge is -2.09. The van der Waals surface area contributed by atoms with E-state index in [0.717, 1.165) is 27.0 Å². The Morgan fingerprint density at radius 3 is 2.62 bits per heavy atom. The molecule has 5 nitrogen and oxygen atoms in total. The molecule has 0 aliphatic carbocycles. The zero-order valence-corrected chi connectivity index (χ0v) is 14.8. The molecule has 0 fully saturated rings. The van der Waals surface area contributed by atoms with Gasteiger partial charge in [-0.1, -0.05) is 15.9 Å². The second-order valence-electron chi connectivity index (χ2n) is 5.30. The third-order valence-corrected chi connectivity index (χ3v) is 4.19. The topological polar surface area (TPSA) is 67.0 Å². The van der Waals surface area contributed by atoms with E-state index in [4.69, 9.17) is 4.74 Å². The van der Waals surface area contributed by atoms with Gasteiger partial charge in [0, 0.05) is 15.7 Å². The molecule has 1 aromatic heterocycles. The van der Waals surface area contributed by atoms with Gasteiger partial charge in [-0.15, -0.1) is 0 Å². The minimum absolute atomic E-state index is 0.208. The molecule has 0 unspecified atom stereocenters. The Kier molecular flexibility index (Phi) is 4.66. The maximum atomic E-state index is 12.6. The van der Waals surface area contributed by atoms with Gasteiger partial charge in [0.05, 0.1) is 24.6 Å². The number of benzene rings is 2. The summed E-state index contributed by atoms with van der Waals surface area (Å²) in [7, 11) is 1.62. The molecule has 0 spiro atoms. The van der Waals surface area contributed by atoms with Gasteiger partial charge in [-0.25, -0.2) is 0 Å². The summed E-state index contributed by atoms with van der Waals surface area (Å²) in [5, 5.41) is 9.83. The number of aromatic nitrogens is 2. The Hall–Kier alpha value is -2.60. The van der Waals surface area contributed by atoms with Gasteiger partial charge in [-0.2, -0.15) is 5.10 Å². The monoisotopic (exact) mass is 385 g/mol. The number of nitrogens with zero attached hydrogens (tertiary/aromatic N) is 1. The minimum Gasteiger partial charge on any atom is -0.497 e. The van der Waals surface area contributed by atoms with Crippen molar-refractivity contribution in [1.82, 2.24) is 10.2 Å². The van der Waals surface area contributed by atoms with Gasteiger partial charge < -0.3 is 10.1 Å². The Morgan fingerprint density at radius 1 is 1.21 bits per heavy atom. The first-order valence-electron chi connectivity index (χ1n) is 7.34. The molecular formula is C18H16BrN3O2. The van der Waals surface area contributed by atoms with Crippen LogP contribution in [0.1, 0.15) is 15.9 Å². The van der Waals surface area contributed by atoms with Gasteiger partial charge >= 0.3 is 0 Å². The van der Waals surface area contributed by atoms with Crippen LogP contribution >= 0.6 is 15.9 Å². The molecule has 2 N–H and O–H groups in total. The van der Waals surface area contributed by atoms with Crippen LogP contribution in [0.3, 0.4) is 0 Å². The fraction of sp³-hybridized carbons (Fsp3) is 0.111. The first-order valence-corrected chi connectivity index (χ1v) is 8.13. The van der Waals surface area contributed by atoms with Crippen LogP contribution in [0.4, 0.5) is 5.69 Å². The summed E-state index contributed by atoms with van der Waals surface area (Å²) in [4.78, 5) is 12.6. The quantitative estimate of drug-likeness (QED) is 0.698. The summed E-state index contributed by atoms with van der Waals surface area (Å²) >= 11 is 3.42. The van der Waals surface area contributed by atoms with E-state index in [9.17, 15) is 4.79 Å². The van der Waals surface area contributed by atoms with E-state index < -0.39 is 0 Å². The number of carbonyl (C=O) groups is 1. The Morgan fingerprint density at radius 2 is 1.96 bits per heavy atom. The molecule has 3 aromatic rings.